The first kappa shape index (κ1) is 10.7. The molecule has 72 valence electrons. The number of rotatable bonds is 3. The van der Waals surface area contributed by atoms with E-state index in [2.05, 4.69) is 15.9 Å². The maximum Gasteiger partial charge on any atom is 0.147 e. The van der Waals surface area contributed by atoms with E-state index in [0.29, 0.717) is 6.42 Å². The SMILES string of the molecule is CS(=O)(=O)CCc1cccc(Br)c1. The third kappa shape index (κ3) is 4.43. The monoisotopic (exact) mass is 262 g/mol. The highest BCUT2D eigenvalue weighted by Gasteiger charge is 2.02. The molecule has 0 atom stereocenters. The fraction of sp³-hybridized carbons (Fsp3) is 0.333. The first-order valence-electron chi connectivity index (χ1n) is 3.89. The Kier molecular flexibility index (Phi) is 3.50. The molecule has 0 N–H and O–H groups in total. The third-order valence-electron chi connectivity index (χ3n) is 1.65. The fourth-order valence-electron chi connectivity index (χ4n) is 0.996. The normalized spacial score (nSPS) is 11.5. The van der Waals surface area contributed by atoms with Gasteiger partial charge in [0, 0.05) is 10.7 Å². The summed E-state index contributed by atoms with van der Waals surface area (Å²) in [6.07, 6.45) is 1.84. The third-order valence-corrected chi connectivity index (χ3v) is 3.09. The summed E-state index contributed by atoms with van der Waals surface area (Å²) in [5.74, 6) is 0.212. The van der Waals surface area contributed by atoms with Gasteiger partial charge in [0.05, 0.1) is 5.75 Å². The second-order valence-electron chi connectivity index (χ2n) is 3.01. The summed E-state index contributed by atoms with van der Waals surface area (Å²) >= 11 is 3.33. The van der Waals surface area contributed by atoms with E-state index < -0.39 is 9.84 Å². The first-order valence-corrected chi connectivity index (χ1v) is 6.75. The molecular formula is C9H11BrO2S. The van der Waals surface area contributed by atoms with Crippen LogP contribution in [-0.4, -0.2) is 20.4 Å². The molecule has 0 fully saturated rings. The van der Waals surface area contributed by atoms with E-state index in [1.54, 1.807) is 0 Å². The van der Waals surface area contributed by atoms with Crippen LogP contribution in [0.2, 0.25) is 0 Å². The smallest absolute Gasteiger partial charge is 0.147 e. The molecule has 1 aromatic rings. The van der Waals surface area contributed by atoms with Crippen molar-refractivity contribution in [1.82, 2.24) is 0 Å². The second kappa shape index (κ2) is 4.24. The van der Waals surface area contributed by atoms with Gasteiger partial charge in [-0.2, -0.15) is 0 Å². The zero-order valence-corrected chi connectivity index (χ0v) is 9.73. The molecule has 0 bridgehead atoms. The molecule has 0 saturated carbocycles. The minimum Gasteiger partial charge on any atom is -0.229 e. The second-order valence-corrected chi connectivity index (χ2v) is 6.19. The van der Waals surface area contributed by atoms with Crippen molar-refractivity contribution in [2.75, 3.05) is 12.0 Å². The Morgan fingerprint density at radius 2 is 2.08 bits per heavy atom. The number of halogens is 1. The molecule has 4 heteroatoms. The largest absolute Gasteiger partial charge is 0.229 e. The van der Waals surface area contributed by atoms with Crippen molar-refractivity contribution >= 4 is 25.8 Å². The predicted octanol–water partition coefficient (Wildman–Crippen LogP) is 2.04. The van der Waals surface area contributed by atoms with Crippen LogP contribution in [-0.2, 0) is 16.3 Å². The van der Waals surface area contributed by atoms with Crippen LogP contribution in [0.3, 0.4) is 0 Å². The molecule has 0 amide bonds. The highest BCUT2D eigenvalue weighted by atomic mass is 79.9. The molecule has 0 aliphatic carbocycles. The summed E-state index contributed by atoms with van der Waals surface area (Å²) in [5.41, 5.74) is 1.04. The van der Waals surface area contributed by atoms with Gasteiger partial charge in [-0.1, -0.05) is 28.1 Å². The lowest BCUT2D eigenvalue weighted by Gasteiger charge is -2.00. The predicted molar refractivity (Wildman–Crippen MR) is 57.6 cm³/mol. The van der Waals surface area contributed by atoms with Crippen LogP contribution < -0.4 is 0 Å². The van der Waals surface area contributed by atoms with E-state index in [0.717, 1.165) is 10.0 Å². The van der Waals surface area contributed by atoms with Crippen LogP contribution in [0.5, 0.6) is 0 Å². The number of aryl methyl sites for hydroxylation is 1. The van der Waals surface area contributed by atoms with E-state index in [1.807, 2.05) is 24.3 Å². The van der Waals surface area contributed by atoms with Gasteiger partial charge in [0.15, 0.2) is 0 Å². The quantitative estimate of drug-likeness (QED) is 0.836. The Morgan fingerprint density at radius 3 is 2.62 bits per heavy atom. The van der Waals surface area contributed by atoms with Crippen molar-refractivity contribution in [3.63, 3.8) is 0 Å². The molecule has 0 spiro atoms. The summed E-state index contributed by atoms with van der Waals surface area (Å²) in [5, 5.41) is 0. The molecular weight excluding hydrogens is 252 g/mol. The van der Waals surface area contributed by atoms with E-state index >= 15 is 0 Å². The van der Waals surface area contributed by atoms with Gasteiger partial charge < -0.3 is 0 Å². The zero-order valence-electron chi connectivity index (χ0n) is 7.33. The topological polar surface area (TPSA) is 34.1 Å². The molecule has 0 aliphatic heterocycles. The maximum absolute atomic E-state index is 10.9. The Morgan fingerprint density at radius 1 is 1.38 bits per heavy atom. The number of hydrogen-bond acceptors (Lipinski definition) is 2. The van der Waals surface area contributed by atoms with Gasteiger partial charge in [0.1, 0.15) is 9.84 Å². The maximum atomic E-state index is 10.9. The lowest BCUT2D eigenvalue weighted by Crippen LogP contribution is -2.05. The molecule has 0 saturated heterocycles. The molecule has 2 nitrogen and oxygen atoms in total. The molecule has 0 aliphatic rings. The number of hydrogen-bond donors (Lipinski definition) is 0. The molecule has 1 aromatic carbocycles. The van der Waals surface area contributed by atoms with Gasteiger partial charge in [0.25, 0.3) is 0 Å². The molecule has 0 radical (unpaired) electrons. The summed E-state index contributed by atoms with van der Waals surface area (Å²) in [4.78, 5) is 0. The summed E-state index contributed by atoms with van der Waals surface area (Å²) < 4.78 is 22.7. The number of sulfone groups is 1. The summed E-state index contributed by atoms with van der Waals surface area (Å²) in [6, 6.07) is 7.69. The summed E-state index contributed by atoms with van der Waals surface area (Å²) in [7, 11) is -2.85. The molecule has 0 unspecified atom stereocenters. The Bertz CT molecular complexity index is 384. The van der Waals surface area contributed by atoms with Gasteiger partial charge in [-0.05, 0) is 24.1 Å². The van der Waals surface area contributed by atoms with Crippen molar-refractivity contribution in [3.05, 3.63) is 34.3 Å². The van der Waals surface area contributed by atoms with Gasteiger partial charge in [-0.15, -0.1) is 0 Å². The van der Waals surface area contributed by atoms with Crippen LogP contribution in [0, 0.1) is 0 Å². The van der Waals surface area contributed by atoms with E-state index in [-0.39, 0.29) is 5.75 Å². The van der Waals surface area contributed by atoms with Gasteiger partial charge >= 0.3 is 0 Å². The van der Waals surface area contributed by atoms with Crippen LogP contribution in [0.15, 0.2) is 28.7 Å². The van der Waals surface area contributed by atoms with Crippen molar-refractivity contribution in [2.24, 2.45) is 0 Å². The lowest BCUT2D eigenvalue weighted by atomic mass is 10.2. The highest BCUT2D eigenvalue weighted by molar-refractivity contribution is 9.10. The molecule has 0 heterocycles. The van der Waals surface area contributed by atoms with Crippen LogP contribution in [0.1, 0.15) is 5.56 Å². The average Bonchev–Trinajstić information content (AvgIpc) is 2.00. The van der Waals surface area contributed by atoms with Gasteiger partial charge in [-0.3, -0.25) is 0 Å². The molecule has 1 rings (SSSR count). The minimum atomic E-state index is -2.85. The first-order chi connectivity index (χ1) is 5.97. The van der Waals surface area contributed by atoms with Gasteiger partial charge in [-0.25, -0.2) is 8.42 Å². The molecule has 13 heavy (non-hydrogen) atoms. The molecule has 0 aromatic heterocycles. The summed E-state index contributed by atoms with van der Waals surface area (Å²) in [6.45, 7) is 0. The van der Waals surface area contributed by atoms with E-state index in [1.165, 1.54) is 6.26 Å². The Balaban J connectivity index is 2.65. The van der Waals surface area contributed by atoms with Crippen molar-refractivity contribution in [3.8, 4) is 0 Å². The zero-order chi connectivity index (χ0) is 9.90. The Hall–Kier alpha value is -0.350. The van der Waals surface area contributed by atoms with Crippen molar-refractivity contribution < 1.29 is 8.42 Å². The fourth-order valence-corrected chi connectivity index (χ4v) is 2.05. The van der Waals surface area contributed by atoms with Crippen LogP contribution >= 0.6 is 15.9 Å². The minimum absolute atomic E-state index is 0.212. The van der Waals surface area contributed by atoms with Gasteiger partial charge in [0.2, 0.25) is 0 Å². The highest BCUT2D eigenvalue weighted by Crippen LogP contribution is 2.12. The van der Waals surface area contributed by atoms with E-state index in [4.69, 9.17) is 0 Å². The Labute approximate surface area is 87.0 Å². The standard InChI is InChI=1S/C9H11BrO2S/c1-13(11,12)6-5-8-3-2-4-9(10)7-8/h2-4,7H,5-6H2,1H3. The van der Waals surface area contributed by atoms with E-state index in [9.17, 15) is 8.42 Å². The van der Waals surface area contributed by atoms with Crippen LogP contribution in [0.4, 0.5) is 0 Å². The average molecular weight is 263 g/mol. The van der Waals surface area contributed by atoms with Crippen molar-refractivity contribution in [2.45, 2.75) is 6.42 Å². The van der Waals surface area contributed by atoms with Crippen molar-refractivity contribution in [1.29, 1.82) is 0 Å². The van der Waals surface area contributed by atoms with Crippen LogP contribution in [0.25, 0.3) is 0 Å². The number of benzene rings is 1. The lowest BCUT2D eigenvalue weighted by molar-refractivity contribution is 0.601.